The van der Waals surface area contributed by atoms with Crippen molar-refractivity contribution >= 4 is 23.4 Å². The first-order valence-electron chi connectivity index (χ1n) is 8.14. The Bertz CT molecular complexity index is 882. The van der Waals surface area contributed by atoms with Gasteiger partial charge in [-0.15, -0.1) is 10.2 Å². The molecule has 2 aromatic carbocycles. The molecule has 0 spiro atoms. The average molecular weight is 368 g/mol. The maximum Gasteiger partial charge on any atom is 0.240 e. The van der Waals surface area contributed by atoms with Crippen LogP contribution in [0.25, 0.3) is 5.69 Å². The molecule has 1 unspecified atom stereocenters. The van der Waals surface area contributed by atoms with Crippen molar-refractivity contribution in [3.63, 3.8) is 0 Å². The molecule has 26 heavy (non-hydrogen) atoms. The van der Waals surface area contributed by atoms with Crippen LogP contribution in [0.2, 0.25) is 0 Å². The molecule has 6 nitrogen and oxygen atoms in total. The lowest BCUT2D eigenvalue weighted by Gasteiger charge is -2.21. The Morgan fingerprint density at radius 3 is 2.58 bits per heavy atom. The van der Waals surface area contributed by atoms with Crippen LogP contribution >= 0.6 is 11.8 Å². The number of aromatic nitrogens is 3. The summed E-state index contributed by atoms with van der Waals surface area (Å²) in [6, 6.07) is 17.2. The van der Waals surface area contributed by atoms with E-state index in [0.717, 1.165) is 17.1 Å². The summed E-state index contributed by atoms with van der Waals surface area (Å²) in [7, 11) is 3.40. The van der Waals surface area contributed by atoms with E-state index in [1.54, 1.807) is 25.4 Å². The molecule has 0 saturated heterocycles. The number of benzene rings is 2. The normalized spacial score (nSPS) is 11.8. The number of amides is 1. The summed E-state index contributed by atoms with van der Waals surface area (Å²) < 4.78 is 7.24. The second-order valence-electron chi connectivity index (χ2n) is 5.65. The van der Waals surface area contributed by atoms with Gasteiger partial charge in [-0.05, 0) is 31.2 Å². The molecular formula is C19H20N4O2S. The van der Waals surface area contributed by atoms with E-state index in [4.69, 9.17) is 4.74 Å². The van der Waals surface area contributed by atoms with Gasteiger partial charge in [0.05, 0.1) is 18.0 Å². The SMILES string of the molecule is COc1ccccc1-n1cnnc1SC(C)C(=O)N(C)c1ccccc1. The molecule has 0 aliphatic rings. The van der Waals surface area contributed by atoms with E-state index in [1.807, 2.05) is 66.1 Å². The standard InChI is InChI=1S/C19H20N4O2S/c1-14(18(24)22(2)15-9-5-4-6-10-15)26-19-21-20-13-23(19)16-11-7-8-12-17(16)25-3/h4-14H,1-3H3. The van der Waals surface area contributed by atoms with Crippen molar-refractivity contribution < 1.29 is 9.53 Å². The van der Waals surface area contributed by atoms with E-state index in [2.05, 4.69) is 10.2 Å². The number of rotatable bonds is 6. The van der Waals surface area contributed by atoms with Crippen LogP contribution < -0.4 is 9.64 Å². The highest BCUT2D eigenvalue weighted by molar-refractivity contribution is 8.00. The molecule has 0 saturated carbocycles. The van der Waals surface area contributed by atoms with E-state index in [9.17, 15) is 4.79 Å². The zero-order chi connectivity index (χ0) is 18.5. The number of para-hydroxylation sites is 3. The van der Waals surface area contributed by atoms with Crippen LogP contribution in [0.5, 0.6) is 5.75 Å². The summed E-state index contributed by atoms with van der Waals surface area (Å²) in [5.74, 6) is 0.713. The monoisotopic (exact) mass is 368 g/mol. The number of nitrogens with zero attached hydrogens (tertiary/aromatic N) is 4. The van der Waals surface area contributed by atoms with Gasteiger partial charge < -0.3 is 9.64 Å². The highest BCUT2D eigenvalue weighted by Crippen LogP contribution is 2.29. The van der Waals surface area contributed by atoms with Gasteiger partial charge in [0, 0.05) is 12.7 Å². The van der Waals surface area contributed by atoms with Crippen molar-refractivity contribution in [3.05, 3.63) is 60.9 Å². The number of methoxy groups -OCH3 is 1. The first-order valence-corrected chi connectivity index (χ1v) is 9.02. The summed E-state index contributed by atoms with van der Waals surface area (Å²) in [5.41, 5.74) is 1.69. The van der Waals surface area contributed by atoms with Crippen molar-refractivity contribution in [1.29, 1.82) is 0 Å². The van der Waals surface area contributed by atoms with Gasteiger partial charge in [0.25, 0.3) is 0 Å². The van der Waals surface area contributed by atoms with Gasteiger partial charge in [-0.2, -0.15) is 0 Å². The molecule has 0 N–H and O–H groups in total. The molecule has 0 aliphatic carbocycles. The van der Waals surface area contributed by atoms with Crippen LogP contribution in [0.1, 0.15) is 6.92 Å². The van der Waals surface area contributed by atoms with E-state index in [-0.39, 0.29) is 11.2 Å². The lowest BCUT2D eigenvalue weighted by atomic mass is 10.3. The summed E-state index contributed by atoms with van der Waals surface area (Å²) in [4.78, 5) is 14.4. The van der Waals surface area contributed by atoms with Gasteiger partial charge in [-0.25, -0.2) is 0 Å². The Balaban J connectivity index is 1.80. The number of anilines is 1. The number of hydrogen-bond acceptors (Lipinski definition) is 5. The van der Waals surface area contributed by atoms with Crippen LogP contribution in [0.4, 0.5) is 5.69 Å². The molecule has 3 aromatic rings. The summed E-state index contributed by atoms with van der Waals surface area (Å²) >= 11 is 1.36. The maximum absolute atomic E-state index is 12.8. The topological polar surface area (TPSA) is 60.2 Å². The molecular weight excluding hydrogens is 348 g/mol. The van der Waals surface area contributed by atoms with Gasteiger partial charge in [0.1, 0.15) is 12.1 Å². The zero-order valence-corrected chi connectivity index (χ0v) is 15.7. The smallest absolute Gasteiger partial charge is 0.240 e. The Hall–Kier alpha value is -2.80. The van der Waals surface area contributed by atoms with Crippen LogP contribution in [0.15, 0.2) is 66.1 Å². The van der Waals surface area contributed by atoms with Crippen molar-refractivity contribution in [2.24, 2.45) is 0 Å². The number of thioether (sulfide) groups is 1. The third-order valence-corrected chi connectivity index (χ3v) is 5.01. The molecule has 0 aliphatic heterocycles. The number of carbonyl (C=O) groups excluding carboxylic acids is 1. The molecule has 1 atom stereocenters. The predicted octanol–water partition coefficient (Wildman–Crippen LogP) is 3.42. The highest BCUT2D eigenvalue weighted by Gasteiger charge is 2.23. The first-order chi connectivity index (χ1) is 12.6. The van der Waals surface area contributed by atoms with Crippen LogP contribution in [0.3, 0.4) is 0 Å². The minimum Gasteiger partial charge on any atom is -0.495 e. The van der Waals surface area contributed by atoms with Gasteiger partial charge in [-0.3, -0.25) is 9.36 Å². The fourth-order valence-electron chi connectivity index (χ4n) is 2.56. The van der Waals surface area contributed by atoms with E-state index in [0.29, 0.717) is 5.16 Å². The van der Waals surface area contributed by atoms with E-state index in [1.165, 1.54) is 11.8 Å². The fourth-order valence-corrected chi connectivity index (χ4v) is 3.49. The third-order valence-electron chi connectivity index (χ3n) is 3.97. The average Bonchev–Trinajstić information content (AvgIpc) is 3.15. The number of ether oxygens (including phenoxy) is 1. The predicted molar refractivity (Wildman–Crippen MR) is 103 cm³/mol. The molecule has 0 radical (unpaired) electrons. The summed E-state index contributed by atoms with van der Waals surface area (Å²) in [6.45, 7) is 1.87. The molecule has 1 amide bonds. The molecule has 3 rings (SSSR count). The van der Waals surface area contributed by atoms with E-state index >= 15 is 0 Å². The Morgan fingerprint density at radius 1 is 1.15 bits per heavy atom. The van der Waals surface area contributed by atoms with Crippen molar-refractivity contribution in [2.45, 2.75) is 17.3 Å². The maximum atomic E-state index is 12.8. The molecule has 134 valence electrons. The zero-order valence-electron chi connectivity index (χ0n) is 14.9. The summed E-state index contributed by atoms with van der Waals surface area (Å²) in [5, 5.41) is 8.49. The minimum absolute atomic E-state index is 0.00391. The molecule has 0 bridgehead atoms. The van der Waals surface area contributed by atoms with Gasteiger partial charge in [0.15, 0.2) is 5.16 Å². The molecule has 7 heteroatoms. The Morgan fingerprint density at radius 2 is 1.85 bits per heavy atom. The molecule has 0 fully saturated rings. The largest absolute Gasteiger partial charge is 0.495 e. The first kappa shape index (κ1) is 18.0. The summed E-state index contributed by atoms with van der Waals surface area (Å²) in [6.07, 6.45) is 1.62. The van der Waals surface area contributed by atoms with Crippen molar-refractivity contribution in [1.82, 2.24) is 14.8 Å². The van der Waals surface area contributed by atoms with Gasteiger partial charge in [0.2, 0.25) is 5.91 Å². The Labute approximate surface area is 156 Å². The second-order valence-corrected chi connectivity index (χ2v) is 6.96. The van der Waals surface area contributed by atoms with Crippen molar-refractivity contribution in [3.8, 4) is 11.4 Å². The van der Waals surface area contributed by atoms with Crippen LogP contribution in [-0.2, 0) is 4.79 Å². The van der Waals surface area contributed by atoms with Gasteiger partial charge in [-0.1, -0.05) is 42.1 Å². The van der Waals surface area contributed by atoms with E-state index < -0.39 is 0 Å². The Kier molecular flexibility index (Phi) is 5.58. The van der Waals surface area contributed by atoms with Gasteiger partial charge >= 0.3 is 0 Å². The third kappa shape index (κ3) is 3.72. The quantitative estimate of drug-likeness (QED) is 0.624. The fraction of sp³-hybridized carbons (Fsp3) is 0.211. The lowest BCUT2D eigenvalue weighted by Crippen LogP contribution is -2.33. The molecule has 1 heterocycles. The highest BCUT2D eigenvalue weighted by atomic mass is 32.2. The lowest BCUT2D eigenvalue weighted by molar-refractivity contribution is -0.117. The van der Waals surface area contributed by atoms with Crippen molar-refractivity contribution in [2.75, 3.05) is 19.1 Å². The van der Waals surface area contributed by atoms with Crippen LogP contribution in [-0.4, -0.2) is 40.1 Å². The van der Waals surface area contributed by atoms with Crippen LogP contribution in [0, 0.1) is 0 Å². The number of hydrogen-bond donors (Lipinski definition) is 0. The minimum atomic E-state index is -0.321. The molecule has 1 aromatic heterocycles. The number of carbonyl (C=O) groups is 1. The second kappa shape index (κ2) is 8.05.